The zero-order chi connectivity index (χ0) is 20.1. The molecule has 0 aliphatic carbocycles. The van der Waals surface area contributed by atoms with Gasteiger partial charge in [0.05, 0.1) is 5.75 Å². The Labute approximate surface area is 170 Å². The lowest BCUT2D eigenvalue weighted by atomic mass is 10.1. The Balaban J connectivity index is 1.50. The zero-order valence-electron chi connectivity index (χ0n) is 15.2. The molecule has 0 aliphatic heterocycles. The molecule has 0 fully saturated rings. The van der Waals surface area contributed by atoms with Crippen molar-refractivity contribution < 1.29 is 14.0 Å². The normalized spacial score (nSPS) is 10.5. The lowest BCUT2D eigenvalue weighted by Crippen LogP contribution is -2.35. The van der Waals surface area contributed by atoms with Gasteiger partial charge in [-0.15, -0.1) is 10.2 Å². The molecule has 2 N–H and O–H groups in total. The lowest BCUT2D eigenvalue weighted by molar-refractivity contribution is -0.117. The van der Waals surface area contributed by atoms with Gasteiger partial charge in [0.1, 0.15) is 0 Å². The summed E-state index contributed by atoms with van der Waals surface area (Å²) in [5.74, 6) is -0.218. The summed E-state index contributed by atoms with van der Waals surface area (Å²) in [5, 5.41) is 13.5. The lowest BCUT2D eigenvalue weighted by Gasteiger charge is -2.08. The van der Waals surface area contributed by atoms with E-state index in [1.165, 1.54) is 0 Å². The number of carbonyl (C=O) groups excluding carboxylic acids is 2. The van der Waals surface area contributed by atoms with Gasteiger partial charge >= 0.3 is 6.03 Å². The number of benzene rings is 2. The van der Waals surface area contributed by atoms with Crippen molar-refractivity contribution in [2.75, 3.05) is 11.1 Å². The first-order chi connectivity index (χ1) is 13.4. The number of nitrogens with one attached hydrogen (secondary N) is 2. The molecule has 3 aromatic rings. The van der Waals surface area contributed by atoms with Crippen molar-refractivity contribution in [3.05, 3.63) is 58.6 Å². The zero-order valence-corrected chi connectivity index (χ0v) is 16.7. The van der Waals surface area contributed by atoms with Crippen molar-refractivity contribution in [3.8, 4) is 11.5 Å². The van der Waals surface area contributed by atoms with E-state index in [1.807, 2.05) is 26.0 Å². The largest absolute Gasteiger partial charge is 0.411 e. The molecule has 0 aliphatic rings. The number of nitrogens with zero attached hydrogens (tertiary/aromatic N) is 2. The summed E-state index contributed by atoms with van der Waals surface area (Å²) in [5.41, 5.74) is 3.47. The Kier molecular flexibility index (Phi) is 6.33. The van der Waals surface area contributed by atoms with Crippen molar-refractivity contribution in [1.29, 1.82) is 0 Å². The van der Waals surface area contributed by atoms with E-state index in [2.05, 4.69) is 20.8 Å². The van der Waals surface area contributed by atoms with Crippen LogP contribution in [0.5, 0.6) is 0 Å². The maximum absolute atomic E-state index is 12.0. The molecule has 2 aromatic carbocycles. The van der Waals surface area contributed by atoms with Crippen LogP contribution in [0, 0.1) is 13.8 Å². The second-order valence-corrected chi connectivity index (χ2v) is 7.34. The first-order valence-corrected chi connectivity index (χ1v) is 9.67. The van der Waals surface area contributed by atoms with Crippen LogP contribution in [0.4, 0.5) is 10.5 Å². The van der Waals surface area contributed by atoms with E-state index >= 15 is 0 Å². The predicted octanol–water partition coefficient (Wildman–Crippen LogP) is 4.45. The Hall–Kier alpha value is -2.84. The van der Waals surface area contributed by atoms with Crippen molar-refractivity contribution in [3.63, 3.8) is 0 Å². The van der Waals surface area contributed by atoms with Crippen LogP contribution in [-0.2, 0) is 4.79 Å². The summed E-state index contributed by atoms with van der Waals surface area (Å²) in [4.78, 5) is 23.9. The molecule has 0 saturated heterocycles. The molecular weight excluding hydrogens is 400 g/mol. The number of hydrogen-bond acceptors (Lipinski definition) is 6. The van der Waals surface area contributed by atoms with Gasteiger partial charge in [-0.2, -0.15) is 0 Å². The van der Waals surface area contributed by atoms with Crippen molar-refractivity contribution in [2.45, 2.75) is 19.1 Å². The van der Waals surface area contributed by atoms with Crippen LogP contribution in [0.15, 0.2) is 52.1 Å². The number of anilines is 1. The Bertz CT molecular complexity index is 1020. The third kappa shape index (κ3) is 5.34. The summed E-state index contributed by atoms with van der Waals surface area (Å²) in [6.07, 6.45) is 0. The molecule has 3 rings (SSSR count). The van der Waals surface area contributed by atoms with Crippen LogP contribution in [0.2, 0.25) is 5.02 Å². The fourth-order valence-corrected chi connectivity index (χ4v) is 3.03. The molecule has 0 unspecified atom stereocenters. The van der Waals surface area contributed by atoms with E-state index in [1.54, 1.807) is 30.3 Å². The number of aryl methyl sites for hydroxylation is 2. The maximum atomic E-state index is 12.0. The minimum Gasteiger partial charge on any atom is -0.411 e. The molecule has 0 saturated carbocycles. The number of urea groups is 1. The number of halogens is 1. The van der Waals surface area contributed by atoms with E-state index in [-0.39, 0.29) is 11.0 Å². The highest BCUT2D eigenvalue weighted by atomic mass is 35.5. The minimum absolute atomic E-state index is 0.0441. The van der Waals surface area contributed by atoms with Gasteiger partial charge in [0.2, 0.25) is 11.8 Å². The second kappa shape index (κ2) is 8.90. The average molecular weight is 417 g/mol. The van der Waals surface area contributed by atoms with Crippen molar-refractivity contribution in [1.82, 2.24) is 15.5 Å². The molecule has 0 radical (unpaired) electrons. The van der Waals surface area contributed by atoms with Gasteiger partial charge in [-0.05, 0) is 55.3 Å². The van der Waals surface area contributed by atoms with E-state index in [0.29, 0.717) is 22.2 Å². The van der Waals surface area contributed by atoms with Crippen LogP contribution >= 0.6 is 23.4 Å². The van der Waals surface area contributed by atoms with Gasteiger partial charge in [-0.25, -0.2) is 4.79 Å². The fraction of sp³-hybridized carbons (Fsp3) is 0.158. The minimum atomic E-state index is -0.598. The van der Waals surface area contributed by atoms with Gasteiger partial charge in [0.15, 0.2) is 0 Å². The van der Waals surface area contributed by atoms with E-state index in [0.717, 1.165) is 22.9 Å². The highest BCUT2D eigenvalue weighted by Crippen LogP contribution is 2.25. The van der Waals surface area contributed by atoms with Gasteiger partial charge in [0.25, 0.3) is 5.22 Å². The van der Waals surface area contributed by atoms with Crippen LogP contribution in [-0.4, -0.2) is 27.9 Å². The maximum Gasteiger partial charge on any atom is 0.325 e. The highest BCUT2D eigenvalue weighted by molar-refractivity contribution is 7.99. The summed E-state index contributed by atoms with van der Waals surface area (Å²) in [6.45, 7) is 3.93. The third-order valence-electron chi connectivity index (χ3n) is 3.82. The van der Waals surface area contributed by atoms with E-state index < -0.39 is 11.9 Å². The Morgan fingerprint density at radius 3 is 2.68 bits per heavy atom. The summed E-state index contributed by atoms with van der Waals surface area (Å²) in [6, 6.07) is 11.9. The number of aromatic nitrogens is 2. The average Bonchev–Trinajstić information content (AvgIpc) is 3.12. The second-order valence-electron chi connectivity index (χ2n) is 5.97. The summed E-state index contributed by atoms with van der Waals surface area (Å²) < 4.78 is 5.50. The molecule has 3 amide bonds. The molecular formula is C19H17ClN4O3S. The highest BCUT2D eigenvalue weighted by Gasteiger charge is 2.13. The predicted molar refractivity (Wildman–Crippen MR) is 109 cm³/mol. The molecule has 0 spiro atoms. The molecule has 7 nitrogen and oxygen atoms in total. The summed E-state index contributed by atoms with van der Waals surface area (Å²) in [7, 11) is 0. The first-order valence-electron chi connectivity index (χ1n) is 8.31. The molecule has 1 heterocycles. The molecule has 1 aromatic heterocycles. The topological polar surface area (TPSA) is 97.1 Å². The number of amides is 3. The number of carbonyl (C=O) groups is 2. The van der Waals surface area contributed by atoms with Crippen molar-refractivity contribution in [2.24, 2.45) is 0 Å². The van der Waals surface area contributed by atoms with Crippen molar-refractivity contribution >= 4 is 41.0 Å². The summed E-state index contributed by atoms with van der Waals surface area (Å²) >= 11 is 6.98. The molecule has 0 bridgehead atoms. The number of thioether (sulfide) groups is 1. The van der Waals surface area contributed by atoms with Gasteiger partial charge in [0, 0.05) is 16.3 Å². The smallest absolute Gasteiger partial charge is 0.325 e. The molecule has 28 heavy (non-hydrogen) atoms. The number of hydrogen-bond donors (Lipinski definition) is 2. The van der Waals surface area contributed by atoms with E-state index in [9.17, 15) is 9.59 Å². The van der Waals surface area contributed by atoms with Crippen LogP contribution in [0.25, 0.3) is 11.5 Å². The Morgan fingerprint density at radius 1 is 1.11 bits per heavy atom. The molecule has 144 valence electrons. The van der Waals surface area contributed by atoms with Gasteiger partial charge in [-0.3, -0.25) is 10.1 Å². The van der Waals surface area contributed by atoms with Crippen LogP contribution in [0.1, 0.15) is 11.1 Å². The monoisotopic (exact) mass is 416 g/mol. The molecule has 9 heteroatoms. The number of rotatable bonds is 5. The Morgan fingerprint density at radius 2 is 1.93 bits per heavy atom. The van der Waals surface area contributed by atoms with E-state index in [4.69, 9.17) is 16.0 Å². The SMILES string of the molecule is Cc1ccc(NC(=O)NC(=O)CSc2nnc(-c3cccc(Cl)c3)o2)cc1C. The number of imide groups is 1. The fourth-order valence-electron chi connectivity index (χ4n) is 2.28. The van der Waals surface area contributed by atoms with Crippen LogP contribution < -0.4 is 10.6 Å². The standard InChI is InChI=1S/C19H17ClN4O3S/c1-11-6-7-15(8-12(11)2)21-18(26)22-16(25)10-28-19-24-23-17(27-19)13-4-3-5-14(20)9-13/h3-9H,10H2,1-2H3,(H2,21,22,25,26). The van der Waals surface area contributed by atoms with Gasteiger partial charge < -0.3 is 9.73 Å². The quantitative estimate of drug-likeness (QED) is 0.596. The van der Waals surface area contributed by atoms with Crippen LogP contribution in [0.3, 0.4) is 0 Å². The molecule has 0 atom stereocenters. The van der Waals surface area contributed by atoms with Gasteiger partial charge in [-0.1, -0.05) is 35.5 Å². The first kappa shape index (κ1) is 19.9. The third-order valence-corrected chi connectivity index (χ3v) is 4.88.